The zero-order valence-corrected chi connectivity index (χ0v) is 10.5. The number of hydrogen-bond acceptors (Lipinski definition) is 3. The summed E-state index contributed by atoms with van der Waals surface area (Å²) in [6.07, 6.45) is 7.28. The van der Waals surface area contributed by atoms with Gasteiger partial charge in [-0.1, -0.05) is 12.2 Å². The topological polar surface area (TPSA) is 44.4 Å². The van der Waals surface area contributed by atoms with Crippen LogP contribution >= 0.6 is 0 Å². The van der Waals surface area contributed by atoms with Gasteiger partial charge in [0.05, 0.1) is 0 Å². The molecule has 96 valence electrons. The van der Waals surface area contributed by atoms with Crippen molar-refractivity contribution in [3.05, 3.63) is 12.2 Å². The molecule has 0 aromatic rings. The van der Waals surface area contributed by atoms with Crippen LogP contribution < -0.4 is 10.6 Å². The van der Waals surface area contributed by atoms with Crippen LogP contribution in [0.25, 0.3) is 0 Å². The van der Waals surface area contributed by atoms with Gasteiger partial charge >= 0.3 is 0 Å². The van der Waals surface area contributed by atoms with Crippen LogP contribution in [0.4, 0.5) is 0 Å². The van der Waals surface area contributed by atoms with Crippen molar-refractivity contribution in [2.45, 2.75) is 19.3 Å². The van der Waals surface area contributed by atoms with Crippen LogP contribution in [0.5, 0.6) is 0 Å². The first kappa shape index (κ1) is 12.6. The smallest absolute Gasteiger partial charge is 0.223 e. The molecule has 2 N–H and O–H groups in total. The van der Waals surface area contributed by atoms with E-state index in [1.807, 2.05) is 0 Å². The summed E-state index contributed by atoms with van der Waals surface area (Å²) in [5.41, 5.74) is 0. The van der Waals surface area contributed by atoms with Crippen molar-refractivity contribution in [2.75, 3.05) is 39.3 Å². The summed E-state index contributed by atoms with van der Waals surface area (Å²) >= 11 is 0. The fourth-order valence-electron chi connectivity index (χ4n) is 2.45. The molecule has 2 aliphatic rings. The summed E-state index contributed by atoms with van der Waals surface area (Å²) in [5, 5.41) is 6.39. The van der Waals surface area contributed by atoms with E-state index >= 15 is 0 Å². The largest absolute Gasteiger partial charge is 0.355 e. The average Bonchev–Trinajstić information content (AvgIpc) is 2.41. The molecule has 0 bridgehead atoms. The second-order valence-corrected chi connectivity index (χ2v) is 4.86. The molecule has 1 aliphatic carbocycles. The maximum Gasteiger partial charge on any atom is 0.223 e. The van der Waals surface area contributed by atoms with Crippen LogP contribution in [0, 0.1) is 5.92 Å². The van der Waals surface area contributed by atoms with E-state index in [9.17, 15) is 4.79 Å². The highest BCUT2D eigenvalue weighted by Crippen LogP contribution is 2.17. The SMILES string of the molecule is O=C(NCCN1CCNCC1)C1CC=CCC1. The number of carbonyl (C=O) groups is 1. The molecule has 4 nitrogen and oxygen atoms in total. The van der Waals surface area contributed by atoms with Gasteiger partial charge in [0.2, 0.25) is 5.91 Å². The predicted octanol–water partition coefficient (Wildman–Crippen LogP) is 0.364. The minimum atomic E-state index is 0.211. The maximum atomic E-state index is 11.9. The lowest BCUT2D eigenvalue weighted by molar-refractivity contribution is -0.125. The number of nitrogens with zero attached hydrogens (tertiary/aromatic N) is 1. The molecule has 4 heteroatoms. The quantitative estimate of drug-likeness (QED) is 0.694. The van der Waals surface area contributed by atoms with E-state index in [1.54, 1.807) is 0 Å². The van der Waals surface area contributed by atoms with E-state index in [1.165, 1.54) is 0 Å². The minimum Gasteiger partial charge on any atom is -0.355 e. The van der Waals surface area contributed by atoms with Gasteiger partial charge in [-0.2, -0.15) is 0 Å². The maximum absolute atomic E-state index is 11.9. The van der Waals surface area contributed by atoms with Gasteiger partial charge < -0.3 is 10.6 Å². The molecule has 17 heavy (non-hydrogen) atoms. The first-order chi connectivity index (χ1) is 8.36. The highest BCUT2D eigenvalue weighted by molar-refractivity contribution is 5.78. The lowest BCUT2D eigenvalue weighted by atomic mass is 9.94. The molecule has 2 rings (SSSR count). The fraction of sp³-hybridized carbons (Fsp3) is 0.769. The molecular weight excluding hydrogens is 214 g/mol. The van der Waals surface area contributed by atoms with E-state index in [2.05, 4.69) is 27.7 Å². The average molecular weight is 237 g/mol. The van der Waals surface area contributed by atoms with E-state index in [0.717, 1.165) is 58.5 Å². The minimum absolute atomic E-state index is 0.211. The molecule has 0 aromatic carbocycles. The highest BCUT2D eigenvalue weighted by Gasteiger charge is 2.18. The monoisotopic (exact) mass is 237 g/mol. The van der Waals surface area contributed by atoms with Crippen LogP contribution in [0.15, 0.2) is 12.2 Å². The van der Waals surface area contributed by atoms with E-state index in [0.29, 0.717) is 0 Å². The Morgan fingerprint density at radius 1 is 1.35 bits per heavy atom. The van der Waals surface area contributed by atoms with Crippen LogP contribution in [0.2, 0.25) is 0 Å². The number of amides is 1. The number of hydrogen-bond donors (Lipinski definition) is 2. The van der Waals surface area contributed by atoms with E-state index in [4.69, 9.17) is 0 Å². The van der Waals surface area contributed by atoms with Crippen molar-refractivity contribution in [3.63, 3.8) is 0 Å². The third kappa shape index (κ3) is 4.13. The Hall–Kier alpha value is -0.870. The molecule has 1 aliphatic heterocycles. The van der Waals surface area contributed by atoms with Gasteiger partial charge in [-0.25, -0.2) is 0 Å². The third-order valence-corrected chi connectivity index (χ3v) is 3.58. The second kappa shape index (κ2) is 6.77. The van der Waals surface area contributed by atoms with Crippen molar-refractivity contribution >= 4 is 5.91 Å². The molecule has 1 fully saturated rings. The number of nitrogens with one attached hydrogen (secondary N) is 2. The Balaban J connectivity index is 1.60. The van der Waals surface area contributed by atoms with Gasteiger partial charge in [-0.15, -0.1) is 0 Å². The van der Waals surface area contributed by atoms with Crippen LogP contribution in [-0.4, -0.2) is 50.1 Å². The first-order valence-electron chi connectivity index (χ1n) is 6.72. The molecule has 1 heterocycles. The lowest BCUT2D eigenvalue weighted by Gasteiger charge is -2.27. The molecule has 0 spiro atoms. The molecule has 1 saturated heterocycles. The van der Waals surface area contributed by atoms with E-state index in [-0.39, 0.29) is 11.8 Å². The predicted molar refractivity (Wildman–Crippen MR) is 68.8 cm³/mol. The van der Waals surface area contributed by atoms with Gasteiger partial charge in [0, 0.05) is 45.2 Å². The van der Waals surface area contributed by atoms with Crippen molar-refractivity contribution < 1.29 is 4.79 Å². The normalized spacial score (nSPS) is 25.8. The number of piperazine rings is 1. The Morgan fingerprint density at radius 3 is 2.88 bits per heavy atom. The summed E-state index contributed by atoms with van der Waals surface area (Å²) in [4.78, 5) is 14.3. The van der Waals surface area contributed by atoms with Crippen molar-refractivity contribution in [1.82, 2.24) is 15.5 Å². The second-order valence-electron chi connectivity index (χ2n) is 4.86. The number of carbonyl (C=O) groups excluding carboxylic acids is 1. The van der Waals surface area contributed by atoms with Gasteiger partial charge in [-0.05, 0) is 19.3 Å². The summed E-state index contributed by atoms with van der Waals surface area (Å²) in [6, 6.07) is 0. The standard InChI is InChI=1S/C13H23N3O/c17-13(12-4-2-1-3-5-12)15-8-11-16-9-6-14-7-10-16/h1-2,12,14H,3-11H2,(H,15,17). The zero-order valence-electron chi connectivity index (χ0n) is 10.5. The van der Waals surface area contributed by atoms with Crippen LogP contribution in [0.3, 0.4) is 0 Å². The Labute approximate surface area is 103 Å². The Morgan fingerprint density at radius 2 is 2.18 bits per heavy atom. The van der Waals surface area contributed by atoms with Gasteiger partial charge in [0.1, 0.15) is 0 Å². The summed E-state index contributed by atoms with van der Waals surface area (Å²) in [5.74, 6) is 0.451. The summed E-state index contributed by atoms with van der Waals surface area (Å²) < 4.78 is 0. The van der Waals surface area contributed by atoms with Crippen molar-refractivity contribution in [3.8, 4) is 0 Å². The Bertz CT molecular complexity index is 272. The molecule has 0 radical (unpaired) electrons. The number of rotatable bonds is 4. The summed E-state index contributed by atoms with van der Waals surface area (Å²) in [7, 11) is 0. The highest BCUT2D eigenvalue weighted by atomic mass is 16.1. The fourth-order valence-corrected chi connectivity index (χ4v) is 2.45. The van der Waals surface area contributed by atoms with Crippen LogP contribution in [0.1, 0.15) is 19.3 Å². The molecule has 1 amide bonds. The summed E-state index contributed by atoms with van der Waals surface area (Å²) in [6.45, 7) is 6.11. The molecular formula is C13H23N3O. The molecule has 0 saturated carbocycles. The van der Waals surface area contributed by atoms with Crippen molar-refractivity contribution in [1.29, 1.82) is 0 Å². The molecule has 0 aromatic heterocycles. The first-order valence-corrected chi connectivity index (χ1v) is 6.72. The lowest BCUT2D eigenvalue weighted by Crippen LogP contribution is -2.46. The molecule has 1 atom stereocenters. The van der Waals surface area contributed by atoms with Crippen LogP contribution in [-0.2, 0) is 4.79 Å². The van der Waals surface area contributed by atoms with Gasteiger partial charge in [0.25, 0.3) is 0 Å². The van der Waals surface area contributed by atoms with Gasteiger partial charge in [0.15, 0.2) is 0 Å². The third-order valence-electron chi connectivity index (χ3n) is 3.58. The van der Waals surface area contributed by atoms with E-state index < -0.39 is 0 Å². The zero-order chi connectivity index (χ0) is 11.9. The van der Waals surface area contributed by atoms with Crippen molar-refractivity contribution in [2.24, 2.45) is 5.92 Å². The van der Waals surface area contributed by atoms with Gasteiger partial charge in [-0.3, -0.25) is 9.69 Å². The molecule has 1 unspecified atom stereocenters. The Kier molecular flexibility index (Phi) is 5.01. The number of allylic oxidation sites excluding steroid dienone is 2.